The fourth-order valence-electron chi connectivity index (χ4n) is 1.70. The van der Waals surface area contributed by atoms with Crippen LogP contribution in [-0.4, -0.2) is 4.98 Å². The molecule has 0 saturated carbocycles. The fraction of sp³-hybridized carbons (Fsp3) is 0. The van der Waals surface area contributed by atoms with E-state index in [2.05, 4.69) is 18.1 Å². The summed E-state index contributed by atoms with van der Waals surface area (Å²) in [5.74, 6) is 0. The Bertz CT molecular complexity index is 477. The van der Waals surface area contributed by atoms with E-state index < -0.39 is 0 Å². The third-order valence-electron chi connectivity index (χ3n) is 2.49. The maximum Gasteiger partial charge on any atom is 0.0780 e. The van der Waals surface area contributed by atoms with Crippen molar-refractivity contribution in [3.05, 3.63) is 66.9 Å². The van der Waals surface area contributed by atoms with Gasteiger partial charge in [0.05, 0.1) is 5.69 Å². The van der Waals surface area contributed by atoms with E-state index in [1.165, 1.54) is 0 Å². The van der Waals surface area contributed by atoms with Gasteiger partial charge in [0.1, 0.15) is 0 Å². The summed E-state index contributed by atoms with van der Waals surface area (Å²) >= 11 is 0. The van der Waals surface area contributed by atoms with Crippen molar-refractivity contribution in [2.75, 3.05) is 0 Å². The van der Waals surface area contributed by atoms with Gasteiger partial charge in [-0.3, -0.25) is 4.98 Å². The molecule has 0 aliphatic heterocycles. The molecule has 0 amide bonds. The summed E-state index contributed by atoms with van der Waals surface area (Å²) in [6, 6.07) is 12.0. The first-order chi connectivity index (χ1) is 7.86. The minimum atomic E-state index is 0.952. The number of benzene rings is 1. The zero-order valence-corrected chi connectivity index (χ0v) is 9.06. The maximum atomic E-state index is 4.41. The molecule has 0 atom stereocenters. The Hall–Kier alpha value is -2.15. The number of rotatable bonds is 3. The Labute approximate surface area is 95.8 Å². The molecule has 0 aliphatic rings. The monoisotopic (exact) mass is 207 g/mol. The number of pyridine rings is 1. The molecule has 1 heteroatoms. The average molecular weight is 207 g/mol. The van der Waals surface area contributed by atoms with Gasteiger partial charge in [-0.2, -0.15) is 0 Å². The lowest BCUT2D eigenvalue weighted by molar-refractivity contribution is 1.31. The summed E-state index contributed by atoms with van der Waals surface area (Å²) < 4.78 is 0. The van der Waals surface area contributed by atoms with Gasteiger partial charge in [0.15, 0.2) is 0 Å². The highest BCUT2D eigenvalue weighted by Gasteiger charge is 2.06. The van der Waals surface area contributed by atoms with E-state index in [-0.39, 0.29) is 0 Å². The second kappa shape index (κ2) is 4.58. The van der Waals surface area contributed by atoms with Crippen LogP contribution in [0, 0.1) is 0 Å². The van der Waals surface area contributed by atoms with Gasteiger partial charge in [-0.25, -0.2) is 0 Å². The normalized spacial score (nSPS) is 9.75. The Morgan fingerprint density at radius 2 is 1.56 bits per heavy atom. The van der Waals surface area contributed by atoms with Gasteiger partial charge < -0.3 is 0 Å². The third-order valence-corrected chi connectivity index (χ3v) is 2.49. The Kier molecular flexibility index (Phi) is 2.97. The van der Waals surface area contributed by atoms with Gasteiger partial charge in [0, 0.05) is 17.3 Å². The quantitative estimate of drug-likeness (QED) is 0.740. The zero-order valence-electron chi connectivity index (χ0n) is 9.06. The molecule has 0 spiro atoms. The molecule has 0 radical (unpaired) electrons. The van der Waals surface area contributed by atoms with E-state index in [1.807, 2.05) is 48.6 Å². The van der Waals surface area contributed by atoms with Crippen molar-refractivity contribution < 1.29 is 0 Å². The van der Waals surface area contributed by atoms with Crippen molar-refractivity contribution in [1.82, 2.24) is 4.98 Å². The molecular weight excluding hydrogens is 194 g/mol. The van der Waals surface area contributed by atoms with Gasteiger partial charge in [0.25, 0.3) is 0 Å². The SMILES string of the molecule is C=Cc1ccccc1-c1ncccc1C=C. The summed E-state index contributed by atoms with van der Waals surface area (Å²) in [5, 5.41) is 0. The van der Waals surface area contributed by atoms with Crippen LogP contribution >= 0.6 is 0 Å². The van der Waals surface area contributed by atoms with E-state index >= 15 is 0 Å². The predicted molar refractivity (Wildman–Crippen MR) is 69.9 cm³/mol. The second-order valence-electron chi connectivity index (χ2n) is 3.44. The molecule has 0 fully saturated rings. The van der Waals surface area contributed by atoms with Crippen LogP contribution in [0.4, 0.5) is 0 Å². The topological polar surface area (TPSA) is 12.9 Å². The molecule has 1 heterocycles. The summed E-state index contributed by atoms with van der Waals surface area (Å²) in [7, 11) is 0. The van der Waals surface area contributed by atoms with Gasteiger partial charge in [-0.1, -0.05) is 55.6 Å². The molecule has 1 nitrogen and oxygen atoms in total. The highest BCUT2D eigenvalue weighted by molar-refractivity contribution is 5.78. The van der Waals surface area contributed by atoms with Gasteiger partial charge >= 0.3 is 0 Å². The first-order valence-corrected chi connectivity index (χ1v) is 5.16. The predicted octanol–water partition coefficient (Wildman–Crippen LogP) is 4.03. The van der Waals surface area contributed by atoms with E-state index in [0.29, 0.717) is 0 Å². The highest BCUT2D eigenvalue weighted by atomic mass is 14.7. The van der Waals surface area contributed by atoms with Gasteiger partial charge in [0.2, 0.25) is 0 Å². The second-order valence-corrected chi connectivity index (χ2v) is 3.44. The van der Waals surface area contributed by atoms with Crippen LogP contribution in [0.2, 0.25) is 0 Å². The van der Waals surface area contributed by atoms with Crippen LogP contribution in [0.3, 0.4) is 0 Å². The summed E-state index contributed by atoms with van der Waals surface area (Å²) in [4.78, 5) is 4.41. The molecule has 1 aromatic heterocycles. The van der Waals surface area contributed by atoms with Gasteiger partial charge in [-0.15, -0.1) is 0 Å². The van der Waals surface area contributed by atoms with Crippen LogP contribution < -0.4 is 0 Å². The zero-order chi connectivity index (χ0) is 11.4. The van der Waals surface area contributed by atoms with E-state index in [0.717, 1.165) is 22.4 Å². The molecule has 0 aliphatic carbocycles. The third kappa shape index (κ3) is 1.80. The van der Waals surface area contributed by atoms with Crippen LogP contribution in [-0.2, 0) is 0 Å². The first-order valence-electron chi connectivity index (χ1n) is 5.16. The van der Waals surface area contributed by atoms with E-state index in [4.69, 9.17) is 0 Å². The van der Waals surface area contributed by atoms with Crippen molar-refractivity contribution in [2.24, 2.45) is 0 Å². The standard InChI is InChI=1S/C15H13N/c1-3-12-8-5-6-10-14(12)15-13(4-2)9-7-11-16-15/h3-11H,1-2H2. The van der Waals surface area contributed by atoms with Gasteiger partial charge in [-0.05, 0) is 11.6 Å². The Balaban J connectivity index is 2.67. The molecule has 0 saturated heterocycles. The number of nitrogens with zero attached hydrogens (tertiary/aromatic N) is 1. The van der Waals surface area contributed by atoms with Crippen molar-refractivity contribution in [1.29, 1.82) is 0 Å². The molecule has 1 aromatic carbocycles. The summed E-state index contributed by atoms with van der Waals surface area (Å²) in [6.07, 6.45) is 5.46. The van der Waals surface area contributed by atoms with Crippen molar-refractivity contribution in [2.45, 2.75) is 0 Å². The van der Waals surface area contributed by atoms with Crippen molar-refractivity contribution in [3.63, 3.8) is 0 Å². The van der Waals surface area contributed by atoms with Crippen LogP contribution in [0.25, 0.3) is 23.4 Å². The maximum absolute atomic E-state index is 4.41. The molecule has 0 bridgehead atoms. The largest absolute Gasteiger partial charge is 0.256 e. The Morgan fingerprint density at radius 3 is 2.31 bits per heavy atom. The fourth-order valence-corrected chi connectivity index (χ4v) is 1.70. The van der Waals surface area contributed by atoms with E-state index in [9.17, 15) is 0 Å². The molecule has 0 unspecified atom stereocenters. The number of hydrogen-bond acceptors (Lipinski definition) is 1. The lowest BCUT2D eigenvalue weighted by Crippen LogP contribution is -1.89. The molecular formula is C15H13N. The summed E-state index contributed by atoms with van der Waals surface area (Å²) in [6.45, 7) is 7.63. The first kappa shape index (κ1) is 10.4. The minimum Gasteiger partial charge on any atom is -0.256 e. The molecule has 78 valence electrons. The van der Waals surface area contributed by atoms with Crippen molar-refractivity contribution >= 4 is 12.2 Å². The Morgan fingerprint density at radius 1 is 0.875 bits per heavy atom. The highest BCUT2D eigenvalue weighted by Crippen LogP contribution is 2.26. The van der Waals surface area contributed by atoms with Crippen LogP contribution in [0.5, 0.6) is 0 Å². The molecule has 2 aromatic rings. The molecule has 2 rings (SSSR count). The lowest BCUT2D eigenvalue weighted by Gasteiger charge is -2.07. The average Bonchev–Trinajstić information content (AvgIpc) is 2.38. The molecule has 16 heavy (non-hydrogen) atoms. The summed E-state index contributed by atoms with van der Waals surface area (Å²) in [5.41, 5.74) is 4.17. The minimum absolute atomic E-state index is 0.952. The number of aromatic nitrogens is 1. The van der Waals surface area contributed by atoms with Crippen molar-refractivity contribution in [3.8, 4) is 11.3 Å². The number of hydrogen-bond donors (Lipinski definition) is 0. The van der Waals surface area contributed by atoms with Crippen LogP contribution in [0.1, 0.15) is 11.1 Å². The molecule has 0 N–H and O–H groups in total. The smallest absolute Gasteiger partial charge is 0.0780 e. The lowest BCUT2D eigenvalue weighted by atomic mass is 10.0. The van der Waals surface area contributed by atoms with E-state index in [1.54, 1.807) is 6.20 Å². The van der Waals surface area contributed by atoms with Crippen LogP contribution in [0.15, 0.2) is 55.8 Å².